The second-order valence-corrected chi connectivity index (χ2v) is 0. The van der Waals surface area contributed by atoms with Gasteiger partial charge < -0.3 is 13.8 Å². The zero-order valence-corrected chi connectivity index (χ0v) is 13.3. The Kier molecular flexibility index (Phi) is 20800. The second kappa shape index (κ2) is 1020. The molecule has 1 radical (unpaired) electrons. The molecule has 0 spiro atoms. The molecule has 0 atom stereocenters. The Hall–Kier alpha value is 2.32. The van der Waals surface area contributed by atoms with Crippen molar-refractivity contribution in [3.63, 3.8) is 0 Å². The van der Waals surface area contributed by atoms with E-state index < -0.39 is 0 Å². The summed E-state index contributed by atoms with van der Waals surface area (Å²) in [5, 5.41) is 0. The molecule has 0 heterocycles. The Bertz CT molecular complexity index is 16.2. The maximum Gasteiger partial charge on any atom is 0 e. The molecule has 0 nitrogen and oxygen atoms in total. The molecule has 0 unspecified atom stereocenters. The summed E-state index contributed by atoms with van der Waals surface area (Å²) in [4.78, 5) is 0. The van der Waals surface area contributed by atoms with Gasteiger partial charge in [0.1, 0.15) is 0 Å². The maximum absolute atomic E-state index is 3.25. The van der Waals surface area contributed by atoms with Gasteiger partial charge in [0.2, 0.25) is 0 Å². The van der Waals surface area contributed by atoms with E-state index in [4.69, 9.17) is 0 Å². The van der Waals surface area contributed by atoms with E-state index in [9.17, 15) is 0 Å². The molecule has 0 aliphatic heterocycles. The van der Waals surface area contributed by atoms with Crippen molar-refractivity contribution in [2.45, 2.75) is 88.1 Å². The van der Waals surface area contributed by atoms with Crippen molar-refractivity contribution in [2.24, 2.45) is 0 Å². The van der Waals surface area contributed by atoms with E-state index >= 15 is 0 Å². The molecule has 0 bridgehead atoms. The molecule has 0 aliphatic rings. The van der Waals surface area contributed by atoms with Crippen LogP contribution in [0.5, 0.6) is 0 Å². The summed E-state index contributed by atoms with van der Waals surface area (Å²) in [6, 6.07) is 0. The smallest absolute Gasteiger partial charge is 0 e. The first-order valence-corrected chi connectivity index (χ1v) is 1.41. The first-order valence-electron chi connectivity index (χ1n) is 1.41. The third-order valence-corrected chi connectivity index (χ3v) is 0. The minimum Gasteiger partial charge on any atom is -0.346 e. The van der Waals surface area contributed by atoms with Crippen molar-refractivity contribution >= 4 is 0 Å². The molecular formula is C14H50UVW-2. The van der Waals surface area contributed by atoms with Crippen LogP contribution in [0.3, 0.4) is 0 Å². The van der Waals surface area contributed by atoms with Crippen LogP contribution in [0.15, 0.2) is 0 Å². The first-order chi connectivity index (χ1) is 2.00. The molecule has 0 saturated heterocycles. The largest absolute Gasteiger partial charge is 0.346 e. The van der Waals surface area contributed by atoms with Gasteiger partial charge in [-0.3, -0.25) is 0 Å². The van der Waals surface area contributed by atoms with Crippen molar-refractivity contribution in [3.05, 3.63) is 13.8 Å². The summed E-state index contributed by atoms with van der Waals surface area (Å²) >= 11 is 0. The van der Waals surface area contributed by atoms with Crippen LogP contribution in [0.2, 0.25) is 0 Å². The van der Waals surface area contributed by atoms with E-state index in [-0.39, 0.29) is 145 Å². The molecule has 0 rings (SSSR count). The fraction of sp³-hybridized carbons (Fsp3) is 0.857. The fourth-order valence-electron chi connectivity index (χ4n) is 0. The van der Waals surface area contributed by atoms with Crippen LogP contribution in [0.4, 0.5) is 0 Å². The fourth-order valence-corrected chi connectivity index (χ4v) is 0. The van der Waals surface area contributed by atoms with Gasteiger partial charge in [-0.15, -0.1) is 0 Å². The first kappa shape index (κ1) is 347. The van der Waals surface area contributed by atoms with Crippen LogP contribution in [0.25, 0.3) is 0 Å². The molecule has 0 aliphatic carbocycles. The summed E-state index contributed by atoms with van der Waals surface area (Å²) < 4.78 is 0. The zero-order valence-electron chi connectivity index (χ0n) is 4.77. The molecule has 0 aromatic carbocycles. The molecule has 0 N–H and O–H groups in total. The van der Waals surface area contributed by atoms with E-state index in [1.807, 2.05) is 0 Å². The summed E-state index contributed by atoms with van der Waals surface area (Å²) in [6.45, 7) is 10.0. The van der Waals surface area contributed by atoms with Crippen molar-refractivity contribution in [1.82, 2.24) is 0 Å². The molecule has 17 heavy (non-hydrogen) atoms. The number of rotatable bonds is 0. The molecule has 0 aromatic heterocycles. The average molecular weight is 691 g/mol. The molecule has 123 valence electrons. The Morgan fingerprint density at radius 3 is 0.412 bits per heavy atom. The minimum absolute atomic E-state index is 0. The predicted octanol–water partition coefficient (Wildman–Crippen LogP) is 8.04. The molecule has 3 heteroatoms. The van der Waals surface area contributed by atoms with Crippen LogP contribution < -0.4 is 0 Å². The van der Waals surface area contributed by atoms with E-state index in [1.165, 1.54) is 0 Å². The third kappa shape index (κ3) is 904. The molecule has 0 saturated carbocycles. The van der Waals surface area contributed by atoms with Gasteiger partial charge in [0.05, 0.1) is 0 Å². The van der Waals surface area contributed by atoms with Gasteiger partial charge in [-0.05, 0) is 0 Å². The monoisotopic (exact) mass is 691 g/mol. The van der Waals surface area contributed by atoms with E-state index in [0.717, 1.165) is 0 Å². The standard InChI is InChI=1S/2C2H5.10CH4.U.V.W/c2*1-2;;;;;;;;;;;;;/h2*1H2,2H3;10*1H4;;;/q2*-1;;;;;;;;;;;;;. The van der Waals surface area contributed by atoms with Crippen LogP contribution in [-0.4, -0.2) is 0 Å². The molecular weight excluding hydrogens is 641 g/mol. The SMILES string of the molecule is C.C.C.C.C.C.C.C.C.C.[CH2-]C.[CH2-]C.[U].[V].[W]. The number of hydrogen-bond donors (Lipinski definition) is 0. The van der Waals surface area contributed by atoms with Gasteiger partial charge >= 0.3 is 0 Å². The minimum atomic E-state index is 0. The van der Waals surface area contributed by atoms with Crippen molar-refractivity contribution < 1.29 is 70.7 Å². The topological polar surface area (TPSA) is 0 Å². The van der Waals surface area contributed by atoms with Crippen LogP contribution in [0.1, 0.15) is 88.1 Å². The summed E-state index contributed by atoms with van der Waals surface area (Å²) in [5.41, 5.74) is 0. The van der Waals surface area contributed by atoms with E-state index in [2.05, 4.69) is 13.8 Å². The summed E-state index contributed by atoms with van der Waals surface area (Å²) in [5.74, 6) is 0. The third-order valence-electron chi connectivity index (χ3n) is 0. The summed E-state index contributed by atoms with van der Waals surface area (Å²) in [6.07, 6.45) is 0. The van der Waals surface area contributed by atoms with Crippen molar-refractivity contribution in [1.29, 1.82) is 0 Å². The van der Waals surface area contributed by atoms with Crippen molar-refractivity contribution in [3.8, 4) is 0 Å². The van der Waals surface area contributed by atoms with Crippen molar-refractivity contribution in [2.75, 3.05) is 0 Å². The molecule has 0 aromatic rings. The van der Waals surface area contributed by atoms with Gasteiger partial charge in [-0.1, -0.05) is 74.3 Å². The predicted molar refractivity (Wildman–Crippen MR) is 89.4 cm³/mol. The van der Waals surface area contributed by atoms with Gasteiger partial charge in [-0.2, -0.15) is 13.8 Å². The zero-order chi connectivity index (χ0) is 4.00. The molecule has 0 fully saturated rings. The molecule has 0 amide bonds. The van der Waals surface area contributed by atoms with E-state index in [1.54, 1.807) is 13.8 Å². The Labute approximate surface area is 171 Å². The van der Waals surface area contributed by atoms with Gasteiger partial charge in [0.15, 0.2) is 0 Å². The average Bonchev–Trinajstić information content (AvgIpc) is 1.50. The van der Waals surface area contributed by atoms with Gasteiger partial charge in [-0.25, -0.2) is 0 Å². The Balaban J connectivity index is -0.000000000205. The van der Waals surface area contributed by atoms with E-state index in [0.29, 0.717) is 0 Å². The Morgan fingerprint density at radius 1 is 0.412 bits per heavy atom. The second-order valence-electron chi connectivity index (χ2n) is 0. The van der Waals surface area contributed by atoms with Gasteiger partial charge in [0, 0.05) is 70.7 Å². The van der Waals surface area contributed by atoms with Crippen LogP contribution >= 0.6 is 0 Å². The van der Waals surface area contributed by atoms with Crippen LogP contribution in [0, 0.1) is 45.0 Å². The van der Waals surface area contributed by atoms with Gasteiger partial charge in [0.25, 0.3) is 0 Å². The number of hydrogen-bond acceptors (Lipinski definition) is 0. The Morgan fingerprint density at radius 2 is 0.412 bits per heavy atom. The van der Waals surface area contributed by atoms with Crippen LogP contribution in [-0.2, 0) is 39.6 Å². The maximum atomic E-state index is 3.25. The normalized spacial score (nSPS) is 0.706. The summed E-state index contributed by atoms with van der Waals surface area (Å²) in [7, 11) is 0. The quantitative estimate of drug-likeness (QED) is 0.226.